The molecule has 0 aliphatic rings. The molecule has 2 rings (SSSR count). The monoisotopic (exact) mass is 378 g/mol. The van der Waals surface area contributed by atoms with Crippen LogP contribution < -0.4 is 4.74 Å². The van der Waals surface area contributed by atoms with Gasteiger partial charge in [0.05, 0.1) is 6.20 Å². The number of halogens is 4. The zero-order valence-corrected chi connectivity index (χ0v) is 13.8. The largest absolute Gasteiger partial charge is 0.415 e. The molecule has 0 N–H and O–H groups in total. The molecule has 2 aromatic rings. The Labute approximate surface area is 141 Å². The molecule has 1 aromatic heterocycles. The minimum absolute atomic E-state index is 0.0660. The van der Waals surface area contributed by atoms with Crippen LogP contribution in [0.2, 0.25) is 0 Å². The van der Waals surface area contributed by atoms with Gasteiger partial charge in [0, 0.05) is 19.2 Å². The van der Waals surface area contributed by atoms with Crippen LogP contribution in [-0.2, 0) is 16.6 Å². The quantitative estimate of drug-likeness (QED) is 0.695. The van der Waals surface area contributed by atoms with Gasteiger partial charge in [-0.2, -0.15) is 13.1 Å². The van der Waals surface area contributed by atoms with E-state index < -0.39 is 39.0 Å². The number of rotatable bonds is 7. The predicted molar refractivity (Wildman–Crippen MR) is 80.5 cm³/mol. The van der Waals surface area contributed by atoms with Crippen molar-refractivity contribution >= 4 is 10.0 Å². The lowest BCUT2D eigenvalue weighted by Gasteiger charge is -2.21. The van der Waals surface area contributed by atoms with Crippen LogP contribution in [0.3, 0.4) is 0 Å². The maximum Gasteiger partial charge on any atom is 0.388 e. The van der Waals surface area contributed by atoms with Gasteiger partial charge >= 0.3 is 6.61 Å². The van der Waals surface area contributed by atoms with Gasteiger partial charge < -0.3 is 4.74 Å². The van der Waals surface area contributed by atoms with E-state index in [-0.39, 0.29) is 13.1 Å². The highest BCUT2D eigenvalue weighted by atomic mass is 32.2. The van der Waals surface area contributed by atoms with E-state index >= 15 is 0 Å². The Kier molecular flexibility index (Phi) is 5.96. The van der Waals surface area contributed by atoms with Crippen molar-refractivity contribution in [2.45, 2.75) is 25.0 Å². The first-order valence-electron chi connectivity index (χ1n) is 7.09. The lowest BCUT2D eigenvalue weighted by molar-refractivity contribution is -0.0550. The minimum Gasteiger partial charge on any atom is -0.415 e. The lowest BCUT2D eigenvalue weighted by atomic mass is 10.2. The van der Waals surface area contributed by atoms with Gasteiger partial charge in [-0.1, -0.05) is 19.1 Å². The van der Waals surface area contributed by atoms with Crippen molar-refractivity contribution in [1.82, 2.24) is 9.29 Å². The van der Waals surface area contributed by atoms with Crippen LogP contribution in [-0.4, -0.2) is 30.9 Å². The average Bonchev–Trinajstić information content (AvgIpc) is 2.53. The van der Waals surface area contributed by atoms with Crippen molar-refractivity contribution in [3.8, 4) is 5.88 Å². The summed E-state index contributed by atoms with van der Waals surface area (Å²) >= 11 is 0. The normalized spacial score (nSPS) is 12.0. The third-order valence-electron chi connectivity index (χ3n) is 3.20. The summed E-state index contributed by atoms with van der Waals surface area (Å²) in [7, 11) is -4.41. The molecule has 1 aromatic carbocycles. The van der Waals surface area contributed by atoms with Gasteiger partial charge in [-0.05, 0) is 17.7 Å². The van der Waals surface area contributed by atoms with Crippen LogP contribution in [0.25, 0.3) is 0 Å². The molecular formula is C15H14F4N2O3S. The van der Waals surface area contributed by atoms with E-state index in [1.807, 2.05) is 0 Å². The molecular weight excluding hydrogens is 364 g/mol. The summed E-state index contributed by atoms with van der Waals surface area (Å²) in [5.74, 6) is -2.49. The Hall–Kier alpha value is -2.20. The average molecular weight is 378 g/mol. The summed E-state index contributed by atoms with van der Waals surface area (Å²) in [5.41, 5.74) is 0.339. The van der Waals surface area contributed by atoms with Crippen molar-refractivity contribution in [3.05, 3.63) is 53.7 Å². The number of ether oxygens (including phenoxy) is 1. The molecule has 0 saturated heterocycles. The van der Waals surface area contributed by atoms with Gasteiger partial charge in [-0.3, -0.25) is 0 Å². The molecule has 0 atom stereocenters. The van der Waals surface area contributed by atoms with Gasteiger partial charge in [-0.15, -0.1) is 0 Å². The van der Waals surface area contributed by atoms with Crippen LogP contribution in [0, 0.1) is 11.6 Å². The molecule has 1 heterocycles. The molecule has 25 heavy (non-hydrogen) atoms. The van der Waals surface area contributed by atoms with Gasteiger partial charge in [0.25, 0.3) is 0 Å². The van der Waals surface area contributed by atoms with Crippen LogP contribution in [0.1, 0.15) is 12.5 Å². The Morgan fingerprint density at radius 3 is 2.52 bits per heavy atom. The summed E-state index contributed by atoms with van der Waals surface area (Å²) in [5, 5.41) is 0. The van der Waals surface area contributed by atoms with Gasteiger partial charge in [0.1, 0.15) is 16.5 Å². The number of sulfonamides is 1. The number of aromatic nitrogens is 1. The molecule has 5 nitrogen and oxygen atoms in total. The number of alkyl halides is 2. The minimum atomic E-state index is -4.41. The molecule has 0 amide bonds. The highest BCUT2D eigenvalue weighted by Crippen LogP contribution is 2.27. The zero-order chi connectivity index (χ0) is 18.6. The van der Waals surface area contributed by atoms with Crippen LogP contribution in [0.5, 0.6) is 5.88 Å². The van der Waals surface area contributed by atoms with Crippen LogP contribution in [0.4, 0.5) is 17.6 Å². The SMILES string of the molecule is CCN(Cc1cccc(F)c1)S(=O)(=O)c1cc(F)cnc1OC(F)F. The number of hydrogen-bond acceptors (Lipinski definition) is 4. The van der Waals surface area contributed by atoms with E-state index in [9.17, 15) is 26.0 Å². The molecule has 10 heteroatoms. The van der Waals surface area contributed by atoms with Gasteiger partial charge in [0.15, 0.2) is 0 Å². The molecule has 0 spiro atoms. The second-order valence-corrected chi connectivity index (χ2v) is 6.80. The summed E-state index contributed by atoms with van der Waals surface area (Å²) < 4.78 is 82.0. The number of nitrogens with zero attached hydrogens (tertiary/aromatic N) is 2. The van der Waals surface area contributed by atoms with E-state index in [1.54, 1.807) is 0 Å². The molecule has 0 aliphatic heterocycles. The zero-order valence-electron chi connectivity index (χ0n) is 13.0. The van der Waals surface area contributed by atoms with Gasteiger partial charge in [-0.25, -0.2) is 22.2 Å². The summed E-state index contributed by atoms with van der Waals surface area (Å²) in [6.45, 7) is -2.13. The van der Waals surface area contributed by atoms with Crippen molar-refractivity contribution in [2.24, 2.45) is 0 Å². The third kappa shape index (κ3) is 4.67. The molecule has 0 radical (unpaired) electrons. The molecule has 0 aliphatic carbocycles. The van der Waals surface area contributed by atoms with E-state index in [0.717, 1.165) is 10.4 Å². The molecule has 0 fully saturated rings. The Morgan fingerprint density at radius 2 is 1.92 bits per heavy atom. The van der Waals surface area contributed by atoms with Crippen LogP contribution >= 0.6 is 0 Å². The smallest absolute Gasteiger partial charge is 0.388 e. The summed E-state index contributed by atoms with van der Waals surface area (Å²) in [4.78, 5) is 2.45. The number of benzene rings is 1. The second kappa shape index (κ2) is 7.79. The van der Waals surface area contributed by atoms with Crippen molar-refractivity contribution < 1.29 is 30.7 Å². The molecule has 0 unspecified atom stereocenters. The summed E-state index contributed by atoms with van der Waals surface area (Å²) in [6, 6.07) is 5.79. The molecule has 136 valence electrons. The van der Waals surface area contributed by atoms with E-state index in [2.05, 4.69) is 9.72 Å². The maximum absolute atomic E-state index is 13.4. The summed E-state index contributed by atoms with van der Waals surface area (Å²) in [6.07, 6.45) is 0.569. The fourth-order valence-electron chi connectivity index (χ4n) is 2.11. The van der Waals surface area contributed by atoms with Crippen molar-refractivity contribution in [3.63, 3.8) is 0 Å². The maximum atomic E-state index is 13.4. The van der Waals surface area contributed by atoms with Gasteiger partial charge in [0.2, 0.25) is 15.9 Å². The highest BCUT2D eigenvalue weighted by Gasteiger charge is 2.29. The lowest BCUT2D eigenvalue weighted by Crippen LogP contribution is -2.31. The first-order valence-corrected chi connectivity index (χ1v) is 8.53. The number of hydrogen-bond donors (Lipinski definition) is 0. The van der Waals surface area contributed by atoms with Crippen molar-refractivity contribution in [1.29, 1.82) is 0 Å². The predicted octanol–water partition coefficient (Wildman–Crippen LogP) is 3.17. The van der Waals surface area contributed by atoms with Crippen LogP contribution in [0.15, 0.2) is 41.4 Å². The fourth-order valence-corrected chi connectivity index (χ4v) is 3.63. The molecule has 0 bridgehead atoms. The second-order valence-electron chi connectivity index (χ2n) is 4.90. The van der Waals surface area contributed by atoms with Crippen molar-refractivity contribution in [2.75, 3.05) is 6.54 Å². The Morgan fingerprint density at radius 1 is 1.20 bits per heavy atom. The van der Waals surface area contributed by atoms with E-state index in [1.165, 1.54) is 25.1 Å². The highest BCUT2D eigenvalue weighted by molar-refractivity contribution is 7.89. The van der Waals surface area contributed by atoms with E-state index in [4.69, 9.17) is 0 Å². The first-order chi connectivity index (χ1) is 11.7. The first kappa shape index (κ1) is 19.1. The standard InChI is InChI=1S/C15H14F4N2O3S/c1-2-21(9-10-4-3-5-11(16)6-10)25(22,23)13-7-12(17)8-20-14(13)24-15(18)19/h3-8,15H,2,9H2,1H3. The molecule has 0 saturated carbocycles. The van der Waals surface area contributed by atoms with E-state index in [0.29, 0.717) is 17.8 Å². The topological polar surface area (TPSA) is 59.5 Å². The Bertz CT molecular complexity index is 846. The third-order valence-corrected chi connectivity index (χ3v) is 5.12. The Balaban J connectivity index is 2.43. The number of pyridine rings is 1. The fraction of sp³-hybridized carbons (Fsp3) is 0.267.